The highest BCUT2D eigenvalue weighted by atomic mass is 35.5. The average molecular weight is 382 g/mol. The van der Waals surface area contributed by atoms with Crippen molar-refractivity contribution in [3.63, 3.8) is 0 Å². The summed E-state index contributed by atoms with van der Waals surface area (Å²) in [4.78, 5) is 15.7. The maximum absolute atomic E-state index is 13.1. The molecule has 0 aromatic heterocycles. The second-order valence-electron chi connectivity index (χ2n) is 5.40. The van der Waals surface area contributed by atoms with Gasteiger partial charge in [0.2, 0.25) is 5.91 Å². The van der Waals surface area contributed by atoms with E-state index in [9.17, 15) is 4.79 Å². The lowest BCUT2D eigenvalue weighted by atomic mass is 10.1. The summed E-state index contributed by atoms with van der Waals surface area (Å²) < 4.78 is 5.35. The molecule has 3 nitrogen and oxygen atoms in total. The molecule has 0 radical (unpaired) electrons. The summed E-state index contributed by atoms with van der Waals surface area (Å²) in [5.74, 6) is 0.0606. The second-order valence-corrected chi connectivity index (χ2v) is 7.33. The van der Waals surface area contributed by atoms with Crippen molar-refractivity contribution >= 4 is 40.9 Å². The van der Waals surface area contributed by atoms with Gasteiger partial charge < -0.3 is 9.64 Å². The lowest BCUT2D eigenvalue weighted by molar-refractivity contribution is -0.134. The number of thioether (sulfide) groups is 1. The number of halogens is 2. The summed E-state index contributed by atoms with van der Waals surface area (Å²) in [6, 6.07) is 15.1. The van der Waals surface area contributed by atoms with Crippen LogP contribution in [-0.2, 0) is 9.53 Å². The van der Waals surface area contributed by atoms with Gasteiger partial charge in [0.25, 0.3) is 0 Å². The zero-order valence-electron chi connectivity index (χ0n) is 13.0. The Morgan fingerprint density at radius 1 is 1.00 bits per heavy atom. The molecule has 126 valence electrons. The van der Waals surface area contributed by atoms with Gasteiger partial charge in [0, 0.05) is 18.0 Å². The number of nitrogens with zero attached hydrogens (tertiary/aromatic N) is 1. The maximum atomic E-state index is 13.1. The molecule has 3 rings (SSSR count). The molecule has 1 fully saturated rings. The Morgan fingerprint density at radius 2 is 1.62 bits per heavy atom. The summed E-state index contributed by atoms with van der Waals surface area (Å²) in [6.07, 6.45) is 0. The van der Waals surface area contributed by atoms with Gasteiger partial charge in [0.1, 0.15) is 5.25 Å². The van der Waals surface area contributed by atoms with Crippen molar-refractivity contribution in [2.24, 2.45) is 0 Å². The van der Waals surface area contributed by atoms with Gasteiger partial charge >= 0.3 is 0 Å². The predicted molar refractivity (Wildman–Crippen MR) is 98.9 cm³/mol. The Labute approximate surface area is 155 Å². The molecule has 0 N–H and O–H groups in total. The Hall–Kier alpha value is -1.20. The van der Waals surface area contributed by atoms with Crippen LogP contribution in [0.3, 0.4) is 0 Å². The van der Waals surface area contributed by atoms with Crippen molar-refractivity contribution in [3.8, 4) is 0 Å². The third kappa shape index (κ3) is 4.06. The van der Waals surface area contributed by atoms with E-state index in [1.807, 2.05) is 35.2 Å². The molecule has 0 bridgehead atoms. The van der Waals surface area contributed by atoms with Crippen molar-refractivity contribution in [1.29, 1.82) is 0 Å². The first kappa shape index (κ1) is 17.6. The minimum atomic E-state index is -0.387. The van der Waals surface area contributed by atoms with Crippen molar-refractivity contribution < 1.29 is 9.53 Å². The van der Waals surface area contributed by atoms with Crippen molar-refractivity contribution in [2.75, 3.05) is 26.3 Å². The zero-order valence-corrected chi connectivity index (χ0v) is 15.3. The van der Waals surface area contributed by atoms with Gasteiger partial charge in [0.05, 0.1) is 23.3 Å². The number of carbonyl (C=O) groups excluding carboxylic acids is 1. The van der Waals surface area contributed by atoms with E-state index in [0.29, 0.717) is 36.3 Å². The van der Waals surface area contributed by atoms with Crippen LogP contribution in [0.2, 0.25) is 10.0 Å². The van der Waals surface area contributed by atoms with Crippen LogP contribution < -0.4 is 0 Å². The first-order valence-electron chi connectivity index (χ1n) is 7.69. The molecule has 1 saturated heterocycles. The van der Waals surface area contributed by atoms with Crippen LogP contribution in [0.4, 0.5) is 0 Å². The molecule has 2 aromatic rings. The normalized spacial score (nSPS) is 16.0. The number of hydrogen-bond donors (Lipinski definition) is 0. The van der Waals surface area contributed by atoms with Gasteiger partial charge in [-0.15, -0.1) is 11.8 Å². The Bertz CT molecular complexity index is 685. The first-order valence-corrected chi connectivity index (χ1v) is 9.32. The zero-order chi connectivity index (χ0) is 16.9. The quantitative estimate of drug-likeness (QED) is 0.719. The fourth-order valence-electron chi connectivity index (χ4n) is 2.55. The van der Waals surface area contributed by atoms with Gasteiger partial charge in [-0.2, -0.15) is 0 Å². The molecule has 1 amide bonds. The van der Waals surface area contributed by atoms with E-state index in [4.69, 9.17) is 27.9 Å². The van der Waals surface area contributed by atoms with Crippen molar-refractivity contribution in [3.05, 3.63) is 64.1 Å². The van der Waals surface area contributed by atoms with E-state index in [1.165, 1.54) is 11.8 Å². The largest absolute Gasteiger partial charge is 0.378 e. The van der Waals surface area contributed by atoms with Crippen molar-refractivity contribution in [2.45, 2.75) is 10.1 Å². The number of benzene rings is 2. The van der Waals surface area contributed by atoms with Crippen LogP contribution in [-0.4, -0.2) is 37.1 Å². The van der Waals surface area contributed by atoms with Gasteiger partial charge in [-0.3, -0.25) is 4.79 Å². The minimum absolute atomic E-state index is 0.0606. The van der Waals surface area contributed by atoms with Gasteiger partial charge in [0.15, 0.2) is 0 Å². The van der Waals surface area contributed by atoms with E-state index in [2.05, 4.69) is 0 Å². The summed E-state index contributed by atoms with van der Waals surface area (Å²) in [6.45, 7) is 2.37. The van der Waals surface area contributed by atoms with Crippen LogP contribution in [0, 0.1) is 0 Å². The average Bonchev–Trinajstić information content (AvgIpc) is 2.62. The molecule has 0 saturated carbocycles. The van der Waals surface area contributed by atoms with E-state index in [-0.39, 0.29) is 11.2 Å². The Kier molecular flexibility index (Phi) is 6.06. The Morgan fingerprint density at radius 3 is 2.25 bits per heavy atom. The molecule has 0 unspecified atom stereocenters. The summed E-state index contributed by atoms with van der Waals surface area (Å²) >= 11 is 14.0. The molecule has 6 heteroatoms. The molecular weight excluding hydrogens is 365 g/mol. The van der Waals surface area contributed by atoms with Crippen LogP contribution in [0.15, 0.2) is 53.4 Å². The number of hydrogen-bond acceptors (Lipinski definition) is 3. The highest BCUT2D eigenvalue weighted by Gasteiger charge is 2.29. The summed E-state index contributed by atoms with van der Waals surface area (Å²) in [5.41, 5.74) is 0.940. The molecule has 1 aliphatic heterocycles. The minimum Gasteiger partial charge on any atom is -0.378 e. The molecule has 0 spiro atoms. The number of rotatable bonds is 4. The van der Waals surface area contributed by atoms with Gasteiger partial charge in [-0.05, 0) is 17.7 Å². The van der Waals surface area contributed by atoms with Crippen molar-refractivity contribution in [1.82, 2.24) is 4.90 Å². The van der Waals surface area contributed by atoms with E-state index in [1.54, 1.807) is 18.2 Å². The molecular formula is C18H17Cl2NO2S. The van der Waals surface area contributed by atoms with E-state index >= 15 is 0 Å². The van der Waals surface area contributed by atoms with Crippen LogP contribution >= 0.6 is 35.0 Å². The number of morpholine rings is 1. The Balaban J connectivity index is 1.92. The molecule has 2 aromatic carbocycles. The molecule has 1 heterocycles. The molecule has 1 aliphatic rings. The monoisotopic (exact) mass is 381 g/mol. The highest BCUT2D eigenvalue weighted by Crippen LogP contribution is 2.43. The standard InChI is InChI=1S/C18H17Cl2NO2S/c19-14-7-4-8-15(20)17(14)24-16(13-5-2-1-3-6-13)18(22)21-9-11-23-12-10-21/h1-8,16H,9-12H2/t16-/m1/s1. The number of amides is 1. The third-order valence-electron chi connectivity index (χ3n) is 3.80. The fourth-order valence-corrected chi connectivity index (χ4v) is 4.36. The molecule has 1 atom stereocenters. The fraction of sp³-hybridized carbons (Fsp3) is 0.278. The van der Waals surface area contributed by atoms with Crippen LogP contribution in [0.25, 0.3) is 0 Å². The number of carbonyl (C=O) groups is 1. The smallest absolute Gasteiger partial charge is 0.240 e. The van der Waals surface area contributed by atoms with Gasteiger partial charge in [-0.1, -0.05) is 59.6 Å². The lowest BCUT2D eigenvalue weighted by Gasteiger charge is -2.30. The van der Waals surface area contributed by atoms with Gasteiger partial charge in [-0.25, -0.2) is 0 Å². The van der Waals surface area contributed by atoms with Crippen LogP contribution in [0.5, 0.6) is 0 Å². The highest BCUT2D eigenvalue weighted by molar-refractivity contribution is 8.00. The first-order chi connectivity index (χ1) is 11.7. The van der Waals surface area contributed by atoms with E-state index in [0.717, 1.165) is 10.5 Å². The SMILES string of the molecule is O=C([C@H](Sc1c(Cl)cccc1Cl)c1ccccc1)N1CCOCC1. The third-order valence-corrected chi connectivity index (χ3v) is 6.04. The summed E-state index contributed by atoms with van der Waals surface area (Å²) in [5, 5.41) is 0.730. The molecule has 0 aliphatic carbocycles. The maximum Gasteiger partial charge on any atom is 0.240 e. The second kappa shape index (κ2) is 8.26. The lowest BCUT2D eigenvalue weighted by Crippen LogP contribution is -2.42. The topological polar surface area (TPSA) is 29.5 Å². The van der Waals surface area contributed by atoms with E-state index < -0.39 is 0 Å². The van der Waals surface area contributed by atoms with Crippen LogP contribution in [0.1, 0.15) is 10.8 Å². The number of ether oxygens (including phenoxy) is 1. The predicted octanol–water partition coefficient (Wildman–Crippen LogP) is 4.69. The summed E-state index contributed by atoms with van der Waals surface area (Å²) in [7, 11) is 0. The molecule has 24 heavy (non-hydrogen) atoms.